The van der Waals surface area contributed by atoms with Crippen LogP contribution in [0.1, 0.15) is 11.1 Å². The van der Waals surface area contributed by atoms with Gasteiger partial charge < -0.3 is 14.4 Å². The first-order valence-electron chi connectivity index (χ1n) is 17.8. The molecule has 0 N–H and O–H groups in total. The number of aromatic nitrogens is 1. The van der Waals surface area contributed by atoms with Crippen LogP contribution in [0, 0.1) is 0 Å². The molecule has 0 aliphatic heterocycles. The van der Waals surface area contributed by atoms with Gasteiger partial charge in [0, 0.05) is 44.9 Å². The SMILES string of the molecule is c1ccc(N(c2ccccc2)c2ccc(Cc3ccc(N(c4ccccc4)c4cccc5c4c4ccccc4n5-c4ccccc4)cc3)cc2)cc1. The molecule has 0 radical (unpaired) electrons. The molecule has 8 aromatic carbocycles. The van der Waals surface area contributed by atoms with Gasteiger partial charge in [0.05, 0.1) is 16.7 Å². The van der Waals surface area contributed by atoms with E-state index >= 15 is 0 Å². The molecule has 0 saturated heterocycles. The zero-order chi connectivity index (χ0) is 34.7. The van der Waals surface area contributed by atoms with Crippen LogP contribution >= 0.6 is 0 Å². The van der Waals surface area contributed by atoms with E-state index in [-0.39, 0.29) is 0 Å². The van der Waals surface area contributed by atoms with Crippen LogP contribution < -0.4 is 9.80 Å². The Labute approximate surface area is 304 Å². The summed E-state index contributed by atoms with van der Waals surface area (Å²) < 4.78 is 2.38. The number of anilines is 6. The van der Waals surface area contributed by atoms with E-state index in [0.29, 0.717) is 0 Å². The van der Waals surface area contributed by atoms with Crippen molar-refractivity contribution in [3.05, 3.63) is 223 Å². The standard InChI is InChI=1S/C49H37N3/c1-5-16-39(17-6-1)50(40-18-7-2-8-19-40)43-32-28-37(29-33-43)36-38-30-34-44(35-31-38)51(41-20-9-3-10-21-41)47-26-15-27-48-49(47)45-24-13-14-25-46(45)52(48)42-22-11-4-12-23-42/h1-35H,36H2. The first-order chi connectivity index (χ1) is 25.8. The van der Waals surface area contributed by atoms with Gasteiger partial charge >= 0.3 is 0 Å². The number of nitrogens with zero attached hydrogens (tertiary/aromatic N) is 3. The average Bonchev–Trinajstić information content (AvgIpc) is 3.56. The molecule has 52 heavy (non-hydrogen) atoms. The second kappa shape index (κ2) is 13.8. The van der Waals surface area contributed by atoms with Crippen molar-refractivity contribution in [2.45, 2.75) is 6.42 Å². The fraction of sp³-hybridized carbons (Fsp3) is 0.0204. The summed E-state index contributed by atoms with van der Waals surface area (Å²) in [6, 6.07) is 75.9. The lowest BCUT2D eigenvalue weighted by Crippen LogP contribution is -2.10. The summed E-state index contributed by atoms with van der Waals surface area (Å²) in [4.78, 5) is 4.69. The second-order valence-corrected chi connectivity index (χ2v) is 13.0. The van der Waals surface area contributed by atoms with E-state index in [0.717, 1.165) is 46.2 Å². The molecule has 0 aliphatic carbocycles. The first-order valence-corrected chi connectivity index (χ1v) is 17.8. The van der Waals surface area contributed by atoms with Crippen LogP contribution in [0.2, 0.25) is 0 Å². The highest BCUT2D eigenvalue weighted by Crippen LogP contribution is 2.43. The zero-order valence-corrected chi connectivity index (χ0v) is 28.8. The van der Waals surface area contributed by atoms with Crippen LogP contribution in [0.15, 0.2) is 212 Å². The molecular weight excluding hydrogens is 631 g/mol. The van der Waals surface area contributed by atoms with Crippen molar-refractivity contribution in [1.29, 1.82) is 0 Å². The van der Waals surface area contributed by atoms with Crippen molar-refractivity contribution in [2.24, 2.45) is 0 Å². The predicted octanol–water partition coefficient (Wildman–Crippen LogP) is 13.3. The molecule has 0 unspecified atom stereocenters. The van der Waals surface area contributed by atoms with Crippen LogP contribution in [0.4, 0.5) is 34.1 Å². The van der Waals surface area contributed by atoms with Crippen molar-refractivity contribution in [3.63, 3.8) is 0 Å². The number of hydrogen-bond donors (Lipinski definition) is 0. The Morgan fingerprint density at radius 1 is 0.327 bits per heavy atom. The summed E-state index contributed by atoms with van der Waals surface area (Å²) in [6.07, 6.45) is 0.850. The molecule has 0 amide bonds. The van der Waals surface area contributed by atoms with Gasteiger partial charge in [-0.15, -0.1) is 0 Å². The van der Waals surface area contributed by atoms with Crippen molar-refractivity contribution in [1.82, 2.24) is 4.57 Å². The maximum atomic E-state index is 2.39. The minimum Gasteiger partial charge on any atom is -0.311 e. The minimum absolute atomic E-state index is 0.850. The Hall–Kier alpha value is -6.84. The molecule has 0 spiro atoms. The molecule has 1 aromatic heterocycles. The molecule has 0 fully saturated rings. The quantitative estimate of drug-likeness (QED) is 0.152. The van der Waals surface area contributed by atoms with E-state index < -0.39 is 0 Å². The Kier molecular flexibility index (Phi) is 8.28. The lowest BCUT2D eigenvalue weighted by molar-refractivity contribution is 1.17. The first kappa shape index (κ1) is 31.2. The van der Waals surface area contributed by atoms with Crippen LogP contribution in [0.5, 0.6) is 0 Å². The largest absolute Gasteiger partial charge is 0.311 e. The van der Waals surface area contributed by atoms with Crippen molar-refractivity contribution in [3.8, 4) is 5.69 Å². The van der Waals surface area contributed by atoms with E-state index in [1.807, 2.05) is 0 Å². The van der Waals surface area contributed by atoms with Crippen LogP contribution in [0.3, 0.4) is 0 Å². The fourth-order valence-electron chi connectivity index (χ4n) is 7.41. The van der Waals surface area contributed by atoms with Crippen molar-refractivity contribution < 1.29 is 0 Å². The molecule has 248 valence electrons. The molecule has 9 aromatic rings. The van der Waals surface area contributed by atoms with E-state index in [1.165, 1.54) is 32.9 Å². The van der Waals surface area contributed by atoms with Gasteiger partial charge in [-0.2, -0.15) is 0 Å². The third-order valence-electron chi connectivity index (χ3n) is 9.77. The average molecular weight is 668 g/mol. The highest BCUT2D eigenvalue weighted by molar-refractivity contribution is 6.16. The van der Waals surface area contributed by atoms with Crippen LogP contribution in [-0.2, 0) is 6.42 Å². The molecule has 0 atom stereocenters. The fourth-order valence-corrected chi connectivity index (χ4v) is 7.41. The summed E-state index contributed by atoms with van der Waals surface area (Å²) in [7, 11) is 0. The Bertz CT molecular complexity index is 2520. The topological polar surface area (TPSA) is 11.4 Å². The monoisotopic (exact) mass is 667 g/mol. The molecule has 0 aliphatic rings. The Balaban J connectivity index is 1.07. The number of fused-ring (bicyclic) bond motifs is 3. The molecule has 9 rings (SSSR count). The molecule has 3 nitrogen and oxygen atoms in total. The maximum Gasteiger partial charge on any atom is 0.0562 e. The second-order valence-electron chi connectivity index (χ2n) is 13.0. The lowest BCUT2D eigenvalue weighted by atomic mass is 10.0. The minimum atomic E-state index is 0.850. The third kappa shape index (κ3) is 5.89. The summed E-state index contributed by atoms with van der Waals surface area (Å²) in [5, 5.41) is 2.46. The van der Waals surface area contributed by atoms with Crippen molar-refractivity contribution in [2.75, 3.05) is 9.80 Å². The molecule has 1 heterocycles. The number of para-hydroxylation sites is 5. The van der Waals surface area contributed by atoms with E-state index in [9.17, 15) is 0 Å². The molecule has 0 bridgehead atoms. The molecule has 3 heteroatoms. The maximum absolute atomic E-state index is 2.39. The summed E-state index contributed by atoms with van der Waals surface area (Å²) >= 11 is 0. The molecule has 0 saturated carbocycles. The highest BCUT2D eigenvalue weighted by atomic mass is 15.2. The highest BCUT2D eigenvalue weighted by Gasteiger charge is 2.21. The van der Waals surface area contributed by atoms with Crippen molar-refractivity contribution >= 4 is 55.9 Å². The van der Waals surface area contributed by atoms with Gasteiger partial charge in [-0.05, 0) is 109 Å². The Morgan fingerprint density at radius 2 is 0.750 bits per heavy atom. The predicted molar refractivity (Wildman–Crippen MR) is 219 cm³/mol. The Morgan fingerprint density at radius 3 is 1.31 bits per heavy atom. The van der Waals surface area contributed by atoms with Gasteiger partial charge in [0.1, 0.15) is 0 Å². The number of benzene rings is 8. The lowest BCUT2D eigenvalue weighted by Gasteiger charge is -2.27. The van der Waals surface area contributed by atoms with Crippen LogP contribution in [-0.4, -0.2) is 4.57 Å². The van der Waals surface area contributed by atoms with Gasteiger partial charge in [-0.1, -0.05) is 121 Å². The van der Waals surface area contributed by atoms with Gasteiger partial charge in [-0.25, -0.2) is 0 Å². The van der Waals surface area contributed by atoms with Gasteiger partial charge in [0.2, 0.25) is 0 Å². The van der Waals surface area contributed by atoms with E-state index in [2.05, 4.69) is 227 Å². The summed E-state index contributed by atoms with van der Waals surface area (Å²) in [5.41, 5.74) is 12.9. The summed E-state index contributed by atoms with van der Waals surface area (Å²) in [6.45, 7) is 0. The molecular formula is C49H37N3. The zero-order valence-electron chi connectivity index (χ0n) is 28.8. The number of hydrogen-bond acceptors (Lipinski definition) is 2. The van der Waals surface area contributed by atoms with Gasteiger partial charge in [0.25, 0.3) is 0 Å². The summed E-state index contributed by atoms with van der Waals surface area (Å²) in [5.74, 6) is 0. The van der Waals surface area contributed by atoms with Gasteiger partial charge in [0.15, 0.2) is 0 Å². The normalized spacial score (nSPS) is 11.2. The third-order valence-corrected chi connectivity index (χ3v) is 9.77. The number of rotatable bonds is 9. The van der Waals surface area contributed by atoms with E-state index in [1.54, 1.807) is 0 Å². The van der Waals surface area contributed by atoms with Gasteiger partial charge in [-0.3, -0.25) is 0 Å². The smallest absolute Gasteiger partial charge is 0.0562 e. The van der Waals surface area contributed by atoms with Crippen LogP contribution in [0.25, 0.3) is 27.5 Å². The van der Waals surface area contributed by atoms with E-state index in [4.69, 9.17) is 0 Å².